The van der Waals surface area contributed by atoms with Gasteiger partial charge in [-0.05, 0) is 35.7 Å². The number of aliphatic carboxylic acids is 1. The molecule has 0 atom stereocenters. The van der Waals surface area contributed by atoms with E-state index < -0.39 is 5.97 Å². The van der Waals surface area contributed by atoms with Crippen LogP contribution in [0.1, 0.15) is 0 Å². The number of carboxylic acids is 1. The molecular weight excluding hydrogens is 358 g/mol. The van der Waals surface area contributed by atoms with Crippen LogP contribution in [0, 0.1) is 0 Å². The third-order valence-electron chi connectivity index (χ3n) is 4.14. The van der Waals surface area contributed by atoms with Crippen LogP contribution in [0.15, 0.2) is 58.7 Å². The lowest BCUT2D eigenvalue weighted by Gasteiger charge is -2.17. The first-order valence-corrected chi connectivity index (χ1v) is 8.83. The Labute approximate surface area is 151 Å². The minimum atomic E-state index is -0.979. The summed E-state index contributed by atoms with van der Waals surface area (Å²) in [5.74, 6) is -0.979. The van der Waals surface area contributed by atoms with Crippen molar-refractivity contribution in [1.82, 2.24) is 4.57 Å². The largest absolute Gasteiger partial charge is 0.480 e. The van der Waals surface area contributed by atoms with E-state index >= 15 is 0 Å². The maximum atomic E-state index is 13.0. The van der Waals surface area contributed by atoms with Gasteiger partial charge in [-0.25, -0.2) is 0 Å². The second kappa shape index (κ2) is 6.02. The number of carboxylic acid groups (broad SMARTS) is 1. The average Bonchev–Trinajstić information content (AvgIpc) is 3.12. The number of thiophene rings is 1. The van der Waals surface area contributed by atoms with Crippen molar-refractivity contribution in [1.29, 1.82) is 0 Å². The molecule has 0 amide bonds. The van der Waals surface area contributed by atoms with Crippen LogP contribution >= 0.6 is 22.9 Å². The maximum absolute atomic E-state index is 13.0. The standard InChI is InChI=1S/C19H12ClNO3S/c20-13-8-7-12-18(17(13)15-6-3-9-25-15)21(10-16(22)23)14-5-2-1-4-11(14)19(12)24/h1-9H,10H2,(H,22,23). The highest BCUT2D eigenvalue weighted by Gasteiger charge is 2.19. The Morgan fingerprint density at radius 1 is 1.08 bits per heavy atom. The van der Waals surface area contributed by atoms with Crippen LogP contribution < -0.4 is 5.43 Å². The first-order chi connectivity index (χ1) is 12.1. The number of aromatic nitrogens is 1. The third kappa shape index (κ3) is 2.52. The Bertz CT molecular complexity index is 1180. The summed E-state index contributed by atoms with van der Waals surface area (Å²) in [6.07, 6.45) is 0. The van der Waals surface area contributed by atoms with Crippen molar-refractivity contribution in [2.24, 2.45) is 0 Å². The molecule has 4 nitrogen and oxygen atoms in total. The molecule has 0 saturated heterocycles. The van der Waals surface area contributed by atoms with Crippen LogP contribution in [0.4, 0.5) is 0 Å². The van der Waals surface area contributed by atoms with Gasteiger partial charge in [0.15, 0.2) is 5.43 Å². The molecule has 0 saturated carbocycles. The first kappa shape index (κ1) is 15.9. The highest BCUT2D eigenvalue weighted by atomic mass is 35.5. The molecule has 0 bridgehead atoms. The van der Waals surface area contributed by atoms with E-state index in [2.05, 4.69) is 0 Å². The van der Waals surface area contributed by atoms with Crippen molar-refractivity contribution in [3.8, 4) is 10.4 Å². The van der Waals surface area contributed by atoms with Gasteiger partial charge in [0.25, 0.3) is 0 Å². The van der Waals surface area contributed by atoms with Crippen molar-refractivity contribution in [2.75, 3.05) is 0 Å². The Morgan fingerprint density at radius 2 is 1.88 bits per heavy atom. The second-order valence-corrected chi connectivity index (χ2v) is 6.98. The minimum absolute atomic E-state index is 0.123. The number of carbonyl (C=O) groups is 1. The zero-order valence-electron chi connectivity index (χ0n) is 12.9. The van der Waals surface area contributed by atoms with Crippen LogP contribution in [0.3, 0.4) is 0 Å². The zero-order valence-corrected chi connectivity index (χ0v) is 14.5. The van der Waals surface area contributed by atoms with Crippen LogP contribution in [-0.2, 0) is 11.3 Å². The quantitative estimate of drug-likeness (QED) is 0.536. The topological polar surface area (TPSA) is 59.3 Å². The third-order valence-corrected chi connectivity index (χ3v) is 5.34. The van der Waals surface area contributed by atoms with E-state index in [1.807, 2.05) is 17.5 Å². The Hall–Kier alpha value is -2.63. The van der Waals surface area contributed by atoms with E-state index in [4.69, 9.17) is 11.6 Å². The maximum Gasteiger partial charge on any atom is 0.323 e. The average molecular weight is 370 g/mol. The van der Waals surface area contributed by atoms with E-state index in [1.54, 1.807) is 41.0 Å². The molecular formula is C19H12ClNO3S. The molecule has 25 heavy (non-hydrogen) atoms. The molecule has 0 aliphatic carbocycles. The van der Waals surface area contributed by atoms with Crippen LogP contribution in [0.25, 0.3) is 32.2 Å². The monoisotopic (exact) mass is 369 g/mol. The van der Waals surface area contributed by atoms with Gasteiger partial charge in [-0.3, -0.25) is 9.59 Å². The van der Waals surface area contributed by atoms with Gasteiger partial charge in [-0.1, -0.05) is 29.8 Å². The predicted octanol–water partition coefficient (Wildman–Crippen LogP) is 4.62. The summed E-state index contributed by atoms with van der Waals surface area (Å²) in [5.41, 5.74) is 1.71. The van der Waals surface area contributed by atoms with Crippen LogP contribution in [-0.4, -0.2) is 15.6 Å². The normalized spacial score (nSPS) is 11.2. The van der Waals surface area contributed by atoms with Gasteiger partial charge in [-0.15, -0.1) is 11.3 Å². The lowest BCUT2D eigenvalue weighted by molar-refractivity contribution is -0.137. The van der Waals surface area contributed by atoms with E-state index in [0.29, 0.717) is 32.4 Å². The zero-order chi connectivity index (χ0) is 17.6. The molecule has 0 unspecified atom stereocenters. The summed E-state index contributed by atoms with van der Waals surface area (Å²) >= 11 is 7.95. The fraction of sp³-hybridized carbons (Fsp3) is 0.0526. The molecule has 2 heterocycles. The SMILES string of the molecule is O=C(O)Cn1c2ccccc2c(=O)c2ccc(Cl)c(-c3cccs3)c21. The number of halogens is 1. The molecule has 6 heteroatoms. The number of pyridine rings is 1. The van der Waals surface area contributed by atoms with Gasteiger partial charge in [0, 0.05) is 21.2 Å². The number of fused-ring (bicyclic) bond motifs is 2. The number of nitrogens with zero attached hydrogens (tertiary/aromatic N) is 1. The van der Waals surface area contributed by atoms with Crippen LogP contribution in [0.2, 0.25) is 5.02 Å². The van der Waals surface area contributed by atoms with E-state index in [9.17, 15) is 14.7 Å². The number of rotatable bonds is 3. The smallest absolute Gasteiger partial charge is 0.323 e. The Balaban J connectivity index is 2.29. The van der Waals surface area contributed by atoms with E-state index in [1.165, 1.54) is 11.3 Å². The summed E-state index contributed by atoms with van der Waals surface area (Å²) < 4.78 is 1.66. The number of benzene rings is 2. The van der Waals surface area contributed by atoms with Crippen molar-refractivity contribution < 1.29 is 9.90 Å². The van der Waals surface area contributed by atoms with E-state index in [-0.39, 0.29) is 12.0 Å². The molecule has 2 aromatic carbocycles. The van der Waals surface area contributed by atoms with Crippen molar-refractivity contribution in [3.05, 3.63) is 69.2 Å². The van der Waals surface area contributed by atoms with Gasteiger partial charge in [0.2, 0.25) is 0 Å². The Kier molecular flexibility index (Phi) is 3.82. The molecule has 0 spiro atoms. The summed E-state index contributed by atoms with van der Waals surface area (Å²) in [4.78, 5) is 25.3. The van der Waals surface area contributed by atoms with E-state index in [0.717, 1.165) is 4.88 Å². The fourth-order valence-electron chi connectivity index (χ4n) is 3.15. The molecule has 124 valence electrons. The molecule has 0 fully saturated rings. The van der Waals surface area contributed by atoms with Gasteiger partial charge in [0.05, 0.1) is 16.1 Å². The fourth-order valence-corrected chi connectivity index (χ4v) is 4.25. The molecule has 4 aromatic rings. The second-order valence-electron chi connectivity index (χ2n) is 5.62. The number of hydrogen-bond acceptors (Lipinski definition) is 3. The van der Waals surface area contributed by atoms with Crippen LogP contribution in [0.5, 0.6) is 0 Å². The summed E-state index contributed by atoms with van der Waals surface area (Å²) in [6.45, 7) is -0.254. The summed E-state index contributed by atoms with van der Waals surface area (Å²) in [7, 11) is 0. The molecule has 0 radical (unpaired) electrons. The molecule has 2 aromatic heterocycles. The highest BCUT2D eigenvalue weighted by molar-refractivity contribution is 7.13. The van der Waals surface area contributed by atoms with Gasteiger partial charge >= 0.3 is 5.97 Å². The number of para-hydroxylation sites is 1. The lowest BCUT2D eigenvalue weighted by Crippen LogP contribution is -2.16. The molecule has 0 aliphatic heterocycles. The van der Waals surface area contributed by atoms with Gasteiger partial charge in [0.1, 0.15) is 6.54 Å². The highest BCUT2D eigenvalue weighted by Crippen LogP contribution is 2.38. The summed E-state index contributed by atoms with van der Waals surface area (Å²) in [5, 5.41) is 12.8. The van der Waals surface area contributed by atoms with Gasteiger partial charge in [-0.2, -0.15) is 0 Å². The Morgan fingerprint density at radius 3 is 2.60 bits per heavy atom. The minimum Gasteiger partial charge on any atom is -0.480 e. The van der Waals surface area contributed by atoms with Gasteiger partial charge < -0.3 is 9.67 Å². The molecule has 4 rings (SSSR count). The first-order valence-electron chi connectivity index (χ1n) is 7.57. The molecule has 0 aliphatic rings. The molecule has 1 N–H and O–H groups in total. The summed E-state index contributed by atoms with van der Waals surface area (Å²) in [6, 6.07) is 14.2. The lowest BCUT2D eigenvalue weighted by atomic mass is 10.0. The van der Waals surface area contributed by atoms with Crippen molar-refractivity contribution in [3.63, 3.8) is 0 Å². The van der Waals surface area contributed by atoms with Crippen molar-refractivity contribution >= 4 is 50.7 Å². The predicted molar refractivity (Wildman–Crippen MR) is 102 cm³/mol. The van der Waals surface area contributed by atoms with Crippen molar-refractivity contribution in [2.45, 2.75) is 6.54 Å². The number of hydrogen-bond donors (Lipinski definition) is 1.